The molecule has 1 unspecified atom stereocenters. The molecule has 1 aliphatic heterocycles. The molecule has 2 aromatic carbocycles. The highest BCUT2D eigenvalue weighted by Crippen LogP contribution is 2.38. The Morgan fingerprint density at radius 3 is 2.36 bits per heavy atom. The second kappa shape index (κ2) is 7.24. The smallest absolute Gasteiger partial charge is 0.287 e. The van der Waals surface area contributed by atoms with Crippen LogP contribution in [0, 0.1) is 0 Å². The van der Waals surface area contributed by atoms with Gasteiger partial charge in [0.2, 0.25) is 0 Å². The third kappa shape index (κ3) is 3.22. The van der Waals surface area contributed by atoms with Crippen molar-refractivity contribution in [3.63, 3.8) is 0 Å². The zero-order valence-electron chi connectivity index (χ0n) is 15.5. The first-order valence-electron chi connectivity index (χ1n) is 9.12. The first-order chi connectivity index (χ1) is 13.5. The fourth-order valence-electron chi connectivity index (χ4n) is 3.67. The van der Waals surface area contributed by atoms with Crippen molar-refractivity contribution in [3.8, 4) is 0 Å². The lowest BCUT2D eigenvalue weighted by molar-refractivity contribution is 0.575. The number of fused-ring (bicyclic) bond motifs is 1. The Kier molecular flexibility index (Phi) is 4.77. The molecule has 1 atom stereocenters. The van der Waals surface area contributed by atoms with Gasteiger partial charge in [0.15, 0.2) is 14.7 Å². The van der Waals surface area contributed by atoms with Gasteiger partial charge in [-0.3, -0.25) is 4.79 Å². The molecule has 1 aliphatic rings. The number of aromatic nitrogens is 2. The Labute approximate surface area is 164 Å². The quantitative estimate of drug-likeness (QED) is 0.682. The van der Waals surface area contributed by atoms with Gasteiger partial charge in [0.25, 0.3) is 5.56 Å². The number of hydrogen-bond acceptors (Lipinski definition) is 5. The van der Waals surface area contributed by atoms with Crippen LogP contribution in [-0.2, 0) is 23.4 Å². The summed E-state index contributed by atoms with van der Waals surface area (Å²) < 4.78 is 28.1. The van der Waals surface area contributed by atoms with E-state index in [4.69, 9.17) is 0 Å². The van der Waals surface area contributed by atoms with E-state index in [1.807, 2.05) is 53.4 Å². The topological polar surface area (TPSA) is 72.3 Å². The van der Waals surface area contributed by atoms with E-state index in [0.29, 0.717) is 30.8 Å². The first-order valence-corrected chi connectivity index (χ1v) is 10.7. The molecule has 144 valence electrons. The second-order valence-electron chi connectivity index (χ2n) is 6.93. The zero-order valence-corrected chi connectivity index (χ0v) is 16.3. The monoisotopic (exact) mass is 395 g/mol. The lowest BCUT2D eigenvalue weighted by Crippen LogP contribution is -2.30. The van der Waals surface area contributed by atoms with Gasteiger partial charge in [-0.05, 0) is 17.5 Å². The summed E-state index contributed by atoms with van der Waals surface area (Å²) >= 11 is 0. The van der Waals surface area contributed by atoms with Gasteiger partial charge in [0, 0.05) is 20.1 Å². The Balaban J connectivity index is 1.88. The van der Waals surface area contributed by atoms with Gasteiger partial charge in [0.1, 0.15) is 0 Å². The fraction of sp³-hybridized carbons (Fsp3) is 0.238. The van der Waals surface area contributed by atoms with Gasteiger partial charge >= 0.3 is 0 Å². The van der Waals surface area contributed by atoms with Crippen molar-refractivity contribution in [3.05, 3.63) is 88.3 Å². The molecular weight excluding hydrogens is 374 g/mol. The largest absolute Gasteiger partial charge is 0.365 e. The van der Waals surface area contributed by atoms with Crippen molar-refractivity contribution in [2.24, 2.45) is 7.05 Å². The molecule has 0 saturated carbocycles. The van der Waals surface area contributed by atoms with E-state index in [0.717, 1.165) is 10.2 Å². The summed E-state index contributed by atoms with van der Waals surface area (Å²) in [7, 11) is -2.39. The van der Waals surface area contributed by atoms with Crippen LogP contribution in [0.15, 0.2) is 76.6 Å². The summed E-state index contributed by atoms with van der Waals surface area (Å²) in [4.78, 5) is 14.6. The molecule has 3 aromatic rings. The van der Waals surface area contributed by atoms with Gasteiger partial charge in [0.05, 0.1) is 17.1 Å². The van der Waals surface area contributed by atoms with Crippen molar-refractivity contribution < 1.29 is 8.42 Å². The van der Waals surface area contributed by atoms with Crippen LogP contribution in [0.1, 0.15) is 22.8 Å². The molecule has 7 heteroatoms. The zero-order chi connectivity index (χ0) is 19.7. The molecule has 0 fully saturated rings. The number of benzene rings is 2. The molecule has 0 radical (unpaired) electrons. The van der Waals surface area contributed by atoms with Crippen LogP contribution in [0.2, 0.25) is 0 Å². The van der Waals surface area contributed by atoms with Crippen molar-refractivity contribution >= 4 is 15.5 Å². The number of sulfone groups is 1. The molecule has 0 spiro atoms. The molecule has 4 rings (SSSR count). The third-order valence-corrected chi connectivity index (χ3v) is 7.33. The minimum atomic E-state index is -3.87. The lowest BCUT2D eigenvalue weighted by Gasteiger charge is -2.24. The minimum absolute atomic E-state index is 0.160. The molecule has 1 aromatic heterocycles. The summed E-state index contributed by atoms with van der Waals surface area (Å²) in [5.41, 5.74) is 1.54. The molecule has 6 nitrogen and oxygen atoms in total. The summed E-state index contributed by atoms with van der Waals surface area (Å²) in [5.74, 6) is 0. The number of rotatable bonds is 3. The van der Waals surface area contributed by atoms with Crippen LogP contribution < -0.4 is 10.5 Å². The summed E-state index contributed by atoms with van der Waals surface area (Å²) in [6.45, 7) is 1.02. The molecule has 0 saturated heterocycles. The summed E-state index contributed by atoms with van der Waals surface area (Å²) in [6, 6.07) is 18.9. The number of hydrogen-bond donors (Lipinski definition) is 0. The maximum atomic E-state index is 13.5. The van der Waals surface area contributed by atoms with Crippen LogP contribution in [0.4, 0.5) is 5.69 Å². The first kappa shape index (κ1) is 18.4. The standard InChI is InChI=1S/C21H21N3O3S/c1-23-21(25)20-18(14-22-23)24(15-16-8-4-2-5-9-16)13-12-19(28(20,26)27)17-10-6-3-7-11-17/h2-11,14,19H,12-13,15H2,1H3. The summed E-state index contributed by atoms with van der Waals surface area (Å²) in [6.07, 6.45) is 1.89. The highest BCUT2D eigenvalue weighted by atomic mass is 32.2. The van der Waals surface area contributed by atoms with Crippen molar-refractivity contribution in [1.82, 2.24) is 9.78 Å². The van der Waals surface area contributed by atoms with Crippen molar-refractivity contribution in [2.75, 3.05) is 11.4 Å². The van der Waals surface area contributed by atoms with Crippen LogP contribution in [0.5, 0.6) is 0 Å². The lowest BCUT2D eigenvalue weighted by atomic mass is 10.1. The van der Waals surface area contributed by atoms with Crippen LogP contribution in [-0.4, -0.2) is 24.7 Å². The average Bonchev–Trinajstić information content (AvgIpc) is 2.81. The molecule has 28 heavy (non-hydrogen) atoms. The van der Waals surface area contributed by atoms with Crippen LogP contribution in [0.3, 0.4) is 0 Å². The highest BCUT2D eigenvalue weighted by Gasteiger charge is 2.38. The highest BCUT2D eigenvalue weighted by molar-refractivity contribution is 7.91. The Hall–Kier alpha value is -2.93. The maximum Gasteiger partial charge on any atom is 0.287 e. The Morgan fingerprint density at radius 2 is 1.68 bits per heavy atom. The molecule has 0 N–H and O–H groups in total. The minimum Gasteiger partial charge on any atom is -0.365 e. The van der Waals surface area contributed by atoms with E-state index < -0.39 is 20.6 Å². The van der Waals surface area contributed by atoms with Gasteiger partial charge in [-0.25, -0.2) is 13.1 Å². The van der Waals surface area contributed by atoms with E-state index in [1.54, 1.807) is 12.1 Å². The number of anilines is 1. The molecular formula is C21H21N3O3S. The van der Waals surface area contributed by atoms with E-state index >= 15 is 0 Å². The number of aryl methyl sites for hydroxylation is 1. The van der Waals surface area contributed by atoms with Crippen LogP contribution in [0.25, 0.3) is 0 Å². The van der Waals surface area contributed by atoms with Gasteiger partial charge in [-0.1, -0.05) is 60.7 Å². The van der Waals surface area contributed by atoms with Crippen molar-refractivity contribution in [1.29, 1.82) is 0 Å². The molecule has 2 heterocycles. The molecule has 0 amide bonds. The maximum absolute atomic E-state index is 13.5. The van der Waals surface area contributed by atoms with Gasteiger partial charge in [-0.15, -0.1) is 0 Å². The van der Waals surface area contributed by atoms with Gasteiger partial charge < -0.3 is 4.90 Å². The Morgan fingerprint density at radius 1 is 1.04 bits per heavy atom. The number of nitrogens with zero attached hydrogens (tertiary/aromatic N) is 3. The third-order valence-electron chi connectivity index (χ3n) is 5.12. The fourth-order valence-corrected chi connectivity index (χ4v) is 5.74. The predicted octanol–water partition coefficient (Wildman–Crippen LogP) is 2.71. The molecule has 0 aliphatic carbocycles. The van der Waals surface area contributed by atoms with Gasteiger partial charge in [-0.2, -0.15) is 5.10 Å². The van der Waals surface area contributed by atoms with E-state index in [-0.39, 0.29) is 4.90 Å². The van der Waals surface area contributed by atoms with Crippen molar-refractivity contribution in [2.45, 2.75) is 23.1 Å². The molecule has 0 bridgehead atoms. The van der Waals surface area contributed by atoms with E-state index in [2.05, 4.69) is 5.10 Å². The SMILES string of the molecule is Cn1ncc2c(c1=O)S(=O)(=O)C(c1ccccc1)CCN2Cc1ccccc1. The Bertz CT molecular complexity index is 1140. The van der Waals surface area contributed by atoms with Crippen LogP contribution >= 0.6 is 0 Å². The average molecular weight is 395 g/mol. The normalized spacial score (nSPS) is 18.3. The second-order valence-corrected chi connectivity index (χ2v) is 9.00. The summed E-state index contributed by atoms with van der Waals surface area (Å²) in [5, 5.41) is 3.33. The predicted molar refractivity (Wildman–Crippen MR) is 108 cm³/mol. The van der Waals surface area contributed by atoms with E-state index in [9.17, 15) is 13.2 Å². The van der Waals surface area contributed by atoms with E-state index in [1.165, 1.54) is 13.2 Å².